The van der Waals surface area contributed by atoms with Gasteiger partial charge in [0, 0.05) is 5.56 Å². The Morgan fingerprint density at radius 3 is 1.80 bits per heavy atom. The van der Waals surface area contributed by atoms with E-state index in [0.29, 0.717) is 11.1 Å². The maximum atomic E-state index is 12.5. The number of hydrogen-bond acceptors (Lipinski definition) is 5. The number of hydrogen-bond donors (Lipinski definition) is 0. The van der Waals surface area contributed by atoms with E-state index in [2.05, 4.69) is 0 Å². The average molecular weight is 423 g/mol. The predicted octanol–water partition coefficient (Wildman–Crippen LogP) is 4.32. The average Bonchev–Trinajstić information content (AvgIpc) is 2.73. The molecule has 3 aromatic rings. The Kier molecular flexibility index (Phi) is 6.47. The summed E-state index contributed by atoms with van der Waals surface area (Å²) >= 11 is 0. The van der Waals surface area contributed by atoms with Gasteiger partial charge in [-0.3, -0.25) is 4.79 Å². The van der Waals surface area contributed by atoms with E-state index in [-0.39, 0.29) is 28.6 Å². The Morgan fingerprint density at radius 1 is 0.733 bits per heavy atom. The molecule has 0 amide bonds. The molecule has 5 nitrogen and oxygen atoms in total. The van der Waals surface area contributed by atoms with Crippen molar-refractivity contribution in [1.29, 1.82) is 0 Å². The molecule has 0 spiro atoms. The summed E-state index contributed by atoms with van der Waals surface area (Å²) in [4.78, 5) is 24.6. The summed E-state index contributed by atoms with van der Waals surface area (Å²) in [6.07, 6.45) is 0. The fourth-order valence-electron chi connectivity index (χ4n) is 2.82. The van der Waals surface area contributed by atoms with Crippen LogP contribution in [0.15, 0.2) is 77.7 Å². The molecule has 3 aromatic carbocycles. The minimum absolute atomic E-state index is 0.169. The molecule has 0 radical (unpaired) electrons. The first kappa shape index (κ1) is 21.5. The van der Waals surface area contributed by atoms with Crippen LogP contribution in [-0.2, 0) is 20.3 Å². The SMILES string of the molecule is Cc1ccc(C(=O)COC(=O)c2ccc(CS(=O)(=O)c3ccc(C)cc3)cc2)cc1. The summed E-state index contributed by atoms with van der Waals surface area (Å²) in [6, 6.07) is 19.8. The zero-order chi connectivity index (χ0) is 21.7. The minimum atomic E-state index is -3.48. The largest absolute Gasteiger partial charge is 0.454 e. The number of ketones is 1. The van der Waals surface area contributed by atoms with E-state index in [0.717, 1.165) is 11.1 Å². The van der Waals surface area contributed by atoms with Gasteiger partial charge in [0.05, 0.1) is 16.2 Å². The van der Waals surface area contributed by atoms with Crippen LogP contribution in [-0.4, -0.2) is 26.8 Å². The van der Waals surface area contributed by atoms with Gasteiger partial charge in [0.15, 0.2) is 22.2 Å². The smallest absolute Gasteiger partial charge is 0.338 e. The molecular weight excluding hydrogens is 400 g/mol. The van der Waals surface area contributed by atoms with Gasteiger partial charge >= 0.3 is 5.97 Å². The second-order valence-corrected chi connectivity index (χ2v) is 9.12. The third-order valence-corrected chi connectivity index (χ3v) is 6.34. The predicted molar refractivity (Wildman–Crippen MR) is 114 cm³/mol. The molecule has 0 aliphatic carbocycles. The van der Waals surface area contributed by atoms with Crippen molar-refractivity contribution >= 4 is 21.6 Å². The van der Waals surface area contributed by atoms with Crippen LogP contribution in [0.3, 0.4) is 0 Å². The maximum absolute atomic E-state index is 12.5. The first-order chi connectivity index (χ1) is 14.2. The molecule has 0 unspecified atom stereocenters. The quantitative estimate of drug-likeness (QED) is 0.419. The summed E-state index contributed by atoms with van der Waals surface area (Å²) < 4.78 is 30.2. The Bertz CT molecular complexity index is 1140. The molecule has 0 bridgehead atoms. The number of rotatable bonds is 7. The van der Waals surface area contributed by atoms with Crippen LogP contribution in [0.25, 0.3) is 0 Å². The van der Waals surface area contributed by atoms with Crippen molar-refractivity contribution < 1.29 is 22.7 Å². The van der Waals surface area contributed by atoms with Gasteiger partial charge in [-0.05, 0) is 43.7 Å². The van der Waals surface area contributed by atoms with Crippen LogP contribution in [0.1, 0.15) is 37.4 Å². The number of carbonyl (C=O) groups excluding carboxylic acids is 2. The third-order valence-electron chi connectivity index (χ3n) is 4.63. The summed E-state index contributed by atoms with van der Waals surface area (Å²) in [5.74, 6) is -1.09. The zero-order valence-electron chi connectivity index (χ0n) is 16.8. The first-order valence-corrected chi connectivity index (χ1v) is 11.1. The first-order valence-electron chi connectivity index (χ1n) is 9.40. The third kappa shape index (κ3) is 5.42. The number of ether oxygens (including phenoxy) is 1. The topological polar surface area (TPSA) is 77.5 Å². The van der Waals surface area contributed by atoms with Crippen molar-refractivity contribution in [3.8, 4) is 0 Å². The monoisotopic (exact) mass is 422 g/mol. The summed E-state index contributed by atoms with van der Waals surface area (Å²) in [6.45, 7) is 3.46. The number of sulfone groups is 1. The van der Waals surface area contributed by atoms with E-state index in [1.165, 1.54) is 12.1 Å². The highest BCUT2D eigenvalue weighted by atomic mass is 32.2. The highest BCUT2D eigenvalue weighted by molar-refractivity contribution is 7.90. The molecule has 6 heteroatoms. The van der Waals surface area contributed by atoms with Crippen molar-refractivity contribution in [2.24, 2.45) is 0 Å². The molecule has 0 saturated carbocycles. The Balaban J connectivity index is 1.60. The Morgan fingerprint density at radius 2 is 1.23 bits per heavy atom. The standard InChI is InChI=1S/C24H22O5S/c1-17-3-9-20(10-4-17)23(25)15-29-24(26)21-11-7-19(8-12-21)16-30(27,28)22-13-5-18(2)6-14-22/h3-14H,15-16H2,1-2H3. The fraction of sp³-hybridized carbons (Fsp3) is 0.167. The Labute approximate surface area is 176 Å². The lowest BCUT2D eigenvalue weighted by molar-refractivity contribution is 0.0474. The van der Waals surface area contributed by atoms with E-state index in [1.54, 1.807) is 48.5 Å². The number of carbonyl (C=O) groups is 2. The molecule has 3 rings (SSSR count). The van der Waals surface area contributed by atoms with Gasteiger partial charge in [-0.15, -0.1) is 0 Å². The molecule has 30 heavy (non-hydrogen) atoms. The molecule has 0 aliphatic rings. The second-order valence-electron chi connectivity index (χ2n) is 7.13. The van der Waals surface area contributed by atoms with Crippen LogP contribution >= 0.6 is 0 Å². The molecule has 154 valence electrons. The summed E-state index contributed by atoms with van der Waals surface area (Å²) in [5.41, 5.74) is 3.31. The lowest BCUT2D eigenvalue weighted by Gasteiger charge is -2.07. The van der Waals surface area contributed by atoms with Crippen LogP contribution in [0.2, 0.25) is 0 Å². The highest BCUT2D eigenvalue weighted by Crippen LogP contribution is 2.18. The molecule has 0 N–H and O–H groups in total. The highest BCUT2D eigenvalue weighted by Gasteiger charge is 2.16. The van der Waals surface area contributed by atoms with Crippen LogP contribution in [0.5, 0.6) is 0 Å². The minimum Gasteiger partial charge on any atom is -0.454 e. The molecule has 0 aromatic heterocycles. The van der Waals surface area contributed by atoms with Crippen LogP contribution in [0.4, 0.5) is 0 Å². The molecule has 0 atom stereocenters. The zero-order valence-corrected chi connectivity index (χ0v) is 17.6. The summed E-state index contributed by atoms with van der Waals surface area (Å²) in [5, 5.41) is 0. The van der Waals surface area contributed by atoms with Crippen molar-refractivity contribution in [1.82, 2.24) is 0 Å². The van der Waals surface area contributed by atoms with Crippen molar-refractivity contribution in [3.05, 3.63) is 101 Å². The molecular formula is C24H22O5S. The second kappa shape index (κ2) is 9.05. The Hall–Kier alpha value is -3.25. The van der Waals surface area contributed by atoms with E-state index in [1.807, 2.05) is 26.0 Å². The summed E-state index contributed by atoms with van der Waals surface area (Å²) in [7, 11) is -3.48. The van der Waals surface area contributed by atoms with E-state index in [9.17, 15) is 18.0 Å². The van der Waals surface area contributed by atoms with Gasteiger partial charge in [0.2, 0.25) is 0 Å². The lowest BCUT2D eigenvalue weighted by atomic mass is 10.1. The van der Waals surface area contributed by atoms with Gasteiger partial charge in [-0.1, -0.05) is 59.7 Å². The van der Waals surface area contributed by atoms with Crippen LogP contribution < -0.4 is 0 Å². The van der Waals surface area contributed by atoms with Gasteiger partial charge in [0.1, 0.15) is 0 Å². The van der Waals surface area contributed by atoms with Gasteiger partial charge in [-0.2, -0.15) is 0 Å². The van der Waals surface area contributed by atoms with E-state index >= 15 is 0 Å². The normalized spacial score (nSPS) is 11.1. The number of esters is 1. The number of Topliss-reactive ketones (excluding diaryl/α,β-unsaturated/α-hetero) is 1. The van der Waals surface area contributed by atoms with Gasteiger partial charge in [0.25, 0.3) is 0 Å². The van der Waals surface area contributed by atoms with E-state index in [4.69, 9.17) is 4.74 Å². The lowest BCUT2D eigenvalue weighted by Crippen LogP contribution is -2.14. The van der Waals surface area contributed by atoms with Gasteiger partial charge < -0.3 is 4.74 Å². The fourth-order valence-corrected chi connectivity index (χ4v) is 4.17. The van der Waals surface area contributed by atoms with Crippen molar-refractivity contribution in [2.45, 2.75) is 24.5 Å². The molecule has 0 fully saturated rings. The number of aryl methyl sites for hydroxylation is 2. The molecule has 0 heterocycles. The molecule has 0 saturated heterocycles. The molecule has 0 aliphatic heterocycles. The maximum Gasteiger partial charge on any atom is 0.338 e. The van der Waals surface area contributed by atoms with E-state index < -0.39 is 15.8 Å². The van der Waals surface area contributed by atoms with Crippen molar-refractivity contribution in [3.63, 3.8) is 0 Å². The number of benzene rings is 3. The van der Waals surface area contributed by atoms with Crippen molar-refractivity contribution in [2.75, 3.05) is 6.61 Å². The van der Waals surface area contributed by atoms with Crippen LogP contribution in [0, 0.1) is 13.8 Å². The van der Waals surface area contributed by atoms with Gasteiger partial charge in [-0.25, -0.2) is 13.2 Å².